The number of ether oxygens (including phenoxy) is 2. The van der Waals surface area contributed by atoms with E-state index in [0.717, 1.165) is 31.2 Å². The first kappa shape index (κ1) is 25.1. The maximum Gasteiger partial charge on any atom is 0.201 e. The lowest BCUT2D eigenvalue weighted by atomic mass is 9.91. The van der Waals surface area contributed by atoms with Crippen molar-refractivity contribution in [2.45, 2.75) is 45.6 Å². The molecule has 1 fully saturated rings. The van der Waals surface area contributed by atoms with Crippen LogP contribution in [-0.2, 0) is 4.74 Å². The van der Waals surface area contributed by atoms with Crippen LogP contribution in [-0.4, -0.2) is 13.2 Å². The molecule has 184 valence electrons. The molecule has 1 aliphatic rings. The molecule has 2 unspecified atom stereocenters. The van der Waals surface area contributed by atoms with E-state index in [1.165, 1.54) is 12.1 Å². The van der Waals surface area contributed by atoms with Gasteiger partial charge < -0.3 is 9.47 Å². The van der Waals surface area contributed by atoms with E-state index in [9.17, 15) is 8.78 Å². The van der Waals surface area contributed by atoms with E-state index in [1.54, 1.807) is 43.3 Å². The van der Waals surface area contributed by atoms with Crippen molar-refractivity contribution in [1.82, 2.24) is 0 Å². The van der Waals surface area contributed by atoms with E-state index < -0.39 is 11.6 Å². The third kappa shape index (κ3) is 5.79. The predicted octanol–water partition coefficient (Wildman–Crippen LogP) is 8.66. The Labute approximate surface area is 205 Å². The summed E-state index contributed by atoms with van der Waals surface area (Å²) in [6, 6.07) is 14.9. The Morgan fingerprint density at radius 3 is 2.26 bits per heavy atom. The number of hydrogen-bond acceptors (Lipinski definition) is 2. The highest BCUT2D eigenvalue weighted by atomic mass is 19.2. The third-order valence-corrected chi connectivity index (χ3v) is 6.57. The molecule has 4 rings (SSSR count). The number of allylic oxidation sites excluding steroid dienone is 2. The Morgan fingerprint density at radius 1 is 0.914 bits per heavy atom. The van der Waals surface area contributed by atoms with Crippen LogP contribution >= 0.6 is 0 Å². The number of hydrogen-bond donors (Lipinski definition) is 0. The maximum absolute atomic E-state index is 15.0. The summed E-state index contributed by atoms with van der Waals surface area (Å²) in [4.78, 5) is 0. The standard InChI is InChI=1S/C30H31F3O2/c1-3-5-6-7-20-8-16-27(35-19-20)23-13-14-24(26(31)18-23)21-9-11-22(12-10-21)25-15-17-28(34-4-2)30(33)29(25)32/h3,5,9-15,17-18,20,27H,4,6-8,16,19H2,1-2H3/b5-3+. The van der Waals surface area contributed by atoms with E-state index in [4.69, 9.17) is 9.47 Å². The lowest BCUT2D eigenvalue weighted by molar-refractivity contribution is -0.0191. The largest absolute Gasteiger partial charge is 0.491 e. The van der Waals surface area contributed by atoms with E-state index in [-0.39, 0.29) is 29.8 Å². The minimum atomic E-state index is -1.01. The van der Waals surface area contributed by atoms with Gasteiger partial charge in [-0.2, -0.15) is 4.39 Å². The van der Waals surface area contributed by atoms with Gasteiger partial charge in [0.25, 0.3) is 0 Å². The minimum absolute atomic E-state index is 0.0866. The zero-order valence-electron chi connectivity index (χ0n) is 20.2. The minimum Gasteiger partial charge on any atom is -0.491 e. The molecular weight excluding hydrogens is 449 g/mol. The van der Waals surface area contributed by atoms with Crippen molar-refractivity contribution < 1.29 is 22.6 Å². The van der Waals surface area contributed by atoms with Crippen LogP contribution in [0.4, 0.5) is 13.2 Å². The van der Waals surface area contributed by atoms with Crippen molar-refractivity contribution in [2.75, 3.05) is 13.2 Å². The van der Waals surface area contributed by atoms with E-state index in [1.807, 2.05) is 13.0 Å². The van der Waals surface area contributed by atoms with Gasteiger partial charge in [-0.05, 0) is 80.3 Å². The van der Waals surface area contributed by atoms with Gasteiger partial charge in [0.2, 0.25) is 5.82 Å². The van der Waals surface area contributed by atoms with Crippen molar-refractivity contribution in [2.24, 2.45) is 5.92 Å². The molecule has 1 saturated heterocycles. The van der Waals surface area contributed by atoms with Gasteiger partial charge in [0.05, 0.1) is 19.3 Å². The number of benzene rings is 3. The highest BCUT2D eigenvalue weighted by Crippen LogP contribution is 2.35. The highest BCUT2D eigenvalue weighted by molar-refractivity contribution is 5.71. The molecule has 0 aromatic heterocycles. The SMILES string of the molecule is C/C=C/CCC1CCC(c2ccc(-c3ccc(-c4ccc(OCC)c(F)c4F)cc3)c(F)c2)OC1. The van der Waals surface area contributed by atoms with Gasteiger partial charge in [-0.25, -0.2) is 8.78 Å². The molecule has 3 aromatic carbocycles. The van der Waals surface area contributed by atoms with Crippen LogP contribution < -0.4 is 4.74 Å². The highest BCUT2D eigenvalue weighted by Gasteiger charge is 2.23. The van der Waals surface area contributed by atoms with E-state index in [0.29, 0.717) is 29.2 Å². The molecule has 0 N–H and O–H groups in total. The Hall–Kier alpha value is -3.05. The summed E-state index contributed by atoms with van der Waals surface area (Å²) in [5, 5.41) is 0. The second-order valence-electron chi connectivity index (χ2n) is 8.90. The van der Waals surface area contributed by atoms with Crippen LogP contribution in [0.2, 0.25) is 0 Å². The average molecular weight is 481 g/mol. The van der Waals surface area contributed by atoms with Crippen molar-refractivity contribution in [3.05, 3.63) is 89.8 Å². The van der Waals surface area contributed by atoms with Gasteiger partial charge in [0, 0.05) is 11.1 Å². The van der Waals surface area contributed by atoms with Crippen LogP contribution in [0, 0.1) is 23.4 Å². The fourth-order valence-corrected chi connectivity index (χ4v) is 4.61. The molecule has 0 bridgehead atoms. The van der Waals surface area contributed by atoms with E-state index in [2.05, 4.69) is 12.2 Å². The first-order chi connectivity index (χ1) is 17.0. The van der Waals surface area contributed by atoms with Gasteiger partial charge in [0.15, 0.2) is 11.6 Å². The molecule has 2 nitrogen and oxygen atoms in total. The van der Waals surface area contributed by atoms with Crippen LogP contribution in [0.3, 0.4) is 0 Å². The smallest absolute Gasteiger partial charge is 0.201 e. The van der Waals surface area contributed by atoms with Crippen LogP contribution in [0.5, 0.6) is 5.75 Å². The Bertz CT molecular complexity index is 1160. The molecule has 35 heavy (non-hydrogen) atoms. The van der Waals surface area contributed by atoms with Crippen molar-refractivity contribution in [1.29, 1.82) is 0 Å². The van der Waals surface area contributed by atoms with Gasteiger partial charge >= 0.3 is 0 Å². The van der Waals surface area contributed by atoms with Crippen molar-refractivity contribution in [3.8, 4) is 28.0 Å². The lowest BCUT2D eigenvalue weighted by Crippen LogP contribution is -2.20. The first-order valence-corrected chi connectivity index (χ1v) is 12.3. The molecule has 1 aliphatic heterocycles. The summed E-state index contributed by atoms with van der Waals surface area (Å²) in [5.41, 5.74) is 2.61. The molecule has 5 heteroatoms. The summed E-state index contributed by atoms with van der Waals surface area (Å²) in [5.74, 6) is -1.86. The quantitative estimate of drug-likeness (QED) is 0.300. The van der Waals surface area contributed by atoms with Crippen LogP contribution in [0.25, 0.3) is 22.3 Å². The molecule has 0 saturated carbocycles. The Balaban J connectivity index is 1.46. The molecule has 0 aliphatic carbocycles. The van der Waals surface area contributed by atoms with Crippen LogP contribution in [0.1, 0.15) is 51.2 Å². The van der Waals surface area contributed by atoms with Crippen molar-refractivity contribution >= 4 is 0 Å². The second kappa shape index (κ2) is 11.6. The van der Waals surface area contributed by atoms with E-state index >= 15 is 4.39 Å². The first-order valence-electron chi connectivity index (χ1n) is 12.3. The summed E-state index contributed by atoms with van der Waals surface area (Å²) in [7, 11) is 0. The van der Waals surface area contributed by atoms with Gasteiger partial charge in [-0.15, -0.1) is 0 Å². The lowest BCUT2D eigenvalue weighted by Gasteiger charge is -2.29. The maximum atomic E-state index is 15.0. The molecule has 3 aromatic rings. The van der Waals surface area contributed by atoms with Gasteiger partial charge in [0.1, 0.15) is 5.82 Å². The molecule has 2 atom stereocenters. The molecule has 0 radical (unpaired) electrons. The normalized spacial score (nSPS) is 18.2. The number of halogens is 3. The fourth-order valence-electron chi connectivity index (χ4n) is 4.61. The molecule has 0 amide bonds. The molecule has 1 heterocycles. The molecule has 0 spiro atoms. The summed E-state index contributed by atoms with van der Waals surface area (Å²) in [6.07, 6.45) is 8.32. The summed E-state index contributed by atoms with van der Waals surface area (Å²) < 4.78 is 55.0. The van der Waals surface area contributed by atoms with Crippen molar-refractivity contribution in [3.63, 3.8) is 0 Å². The Kier molecular flexibility index (Phi) is 8.29. The molecular formula is C30H31F3O2. The Morgan fingerprint density at radius 2 is 1.63 bits per heavy atom. The monoisotopic (exact) mass is 480 g/mol. The topological polar surface area (TPSA) is 18.5 Å². The number of rotatable bonds is 8. The zero-order chi connectivity index (χ0) is 24.8. The fraction of sp³-hybridized carbons (Fsp3) is 0.333. The van der Waals surface area contributed by atoms with Gasteiger partial charge in [-0.1, -0.05) is 48.6 Å². The third-order valence-electron chi connectivity index (χ3n) is 6.57. The second-order valence-corrected chi connectivity index (χ2v) is 8.90. The average Bonchev–Trinajstić information content (AvgIpc) is 2.88. The summed E-state index contributed by atoms with van der Waals surface area (Å²) in [6.45, 7) is 4.69. The van der Waals surface area contributed by atoms with Gasteiger partial charge in [-0.3, -0.25) is 0 Å². The van der Waals surface area contributed by atoms with Crippen LogP contribution in [0.15, 0.2) is 66.7 Å². The summed E-state index contributed by atoms with van der Waals surface area (Å²) >= 11 is 0. The predicted molar refractivity (Wildman–Crippen MR) is 134 cm³/mol. The zero-order valence-corrected chi connectivity index (χ0v) is 20.2.